The number of anilines is 14. The number of amides is 8. The average Bonchev–Trinajstić information content (AvgIpc) is 0.871. The van der Waals surface area contributed by atoms with E-state index < -0.39 is 0 Å². The smallest absolute Gasteiger partial charge is 0.326 e. The van der Waals surface area contributed by atoms with Gasteiger partial charge in [-0.25, -0.2) is 29.1 Å². The summed E-state index contributed by atoms with van der Waals surface area (Å²) in [7, 11) is 5.70. The minimum atomic E-state index is -0.261. The van der Waals surface area contributed by atoms with Crippen LogP contribution in [0.3, 0.4) is 0 Å². The van der Waals surface area contributed by atoms with E-state index >= 15 is 0 Å². The number of hydrogen-bond donors (Lipinski definition) is 11. The van der Waals surface area contributed by atoms with Gasteiger partial charge in [-0.05, 0) is 302 Å². The van der Waals surface area contributed by atoms with E-state index in [0.29, 0.717) is 117 Å². The number of carbonyl (C=O) groups is 4. The summed E-state index contributed by atoms with van der Waals surface area (Å²) < 4.78 is 1.99. The summed E-state index contributed by atoms with van der Waals surface area (Å²) in [6.07, 6.45) is 11.0. The van der Waals surface area contributed by atoms with Gasteiger partial charge in [0.1, 0.15) is 0 Å². The Hall–Kier alpha value is -13.1. The van der Waals surface area contributed by atoms with Crippen molar-refractivity contribution in [3.05, 3.63) is 328 Å². The molecule has 14 rings (SSSR count). The first kappa shape index (κ1) is 101. The molecule has 0 spiro atoms. The third-order valence-corrected chi connectivity index (χ3v) is 25.9. The van der Waals surface area contributed by atoms with Crippen LogP contribution in [0.2, 0.25) is 25.1 Å². The lowest BCUT2D eigenvalue weighted by atomic mass is 10.0. The molecule has 700 valence electrons. The van der Waals surface area contributed by atoms with Crippen molar-refractivity contribution < 1.29 is 19.2 Å². The Morgan fingerprint density at radius 1 is 0.366 bits per heavy atom. The number of nitrogen functional groups attached to an aromatic ring is 4. The van der Waals surface area contributed by atoms with Crippen molar-refractivity contribution in [1.29, 1.82) is 0 Å². The lowest BCUT2D eigenvalue weighted by Crippen LogP contribution is -2.37. The summed E-state index contributed by atoms with van der Waals surface area (Å²) in [4.78, 5) is 74.1. The topological polar surface area (TPSA) is 304 Å². The van der Waals surface area contributed by atoms with Gasteiger partial charge < -0.3 is 64.4 Å². The highest BCUT2D eigenvalue weighted by Crippen LogP contribution is 2.42. The van der Waals surface area contributed by atoms with E-state index in [1.54, 1.807) is 50.5 Å². The fraction of sp³-hybridized carbons (Fsp3) is 0.271. The number of carbonyl (C=O) groups excluding carboxylic acids is 4. The van der Waals surface area contributed by atoms with Gasteiger partial charge in [-0.2, -0.15) is 0 Å². The van der Waals surface area contributed by atoms with Gasteiger partial charge in [0.2, 0.25) is 0 Å². The van der Waals surface area contributed by atoms with Gasteiger partial charge in [-0.15, -0.1) is 0 Å². The number of nitrogens with two attached hydrogens (primary N) is 4. The largest absolute Gasteiger partial charge is 0.398 e. The number of fused-ring (bicyclic) bond motifs is 2. The van der Waals surface area contributed by atoms with Gasteiger partial charge in [-0.1, -0.05) is 194 Å². The number of urea groups is 4. The summed E-state index contributed by atoms with van der Waals surface area (Å²) in [6, 6.07) is 66.6. The van der Waals surface area contributed by atoms with Gasteiger partial charge in [0.25, 0.3) is 0 Å². The van der Waals surface area contributed by atoms with E-state index in [1.165, 1.54) is 11.1 Å². The van der Waals surface area contributed by atoms with Crippen LogP contribution in [0.4, 0.5) is 98.8 Å². The minimum Gasteiger partial charge on any atom is -0.398 e. The summed E-state index contributed by atoms with van der Waals surface area (Å²) in [6.45, 7) is 25.3. The highest BCUT2D eigenvalue weighted by Gasteiger charge is 2.31. The van der Waals surface area contributed by atoms with E-state index in [2.05, 4.69) is 98.0 Å². The maximum absolute atomic E-state index is 14.0. The number of aromatic nitrogens is 4. The van der Waals surface area contributed by atoms with E-state index in [9.17, 15) is 19.2 Å². The van der Waals surface area contributed by atoms with E-state index in [4.69, 9.17) is 80.9 Å². The normalized spacial score (nSPS) is 11.4. The number of halogens is 5. The molecule has 27 heteroatoms. The molecule has 0 aliphatic heterocycles. The van der Waals surface area contributed by atoms with Crippen molar-refractivity contribution in [2.24, 2.45) is 7.05 Å². The molecule has 2 heterocycles. The molecule has 0 fully saturated rings. The van der Waals surface area contributed by atoms with Crippen molar-refractivity contribution in [2.45, 2.75) is 172 Å². The van der Waals surface area contributed by atoms with Crippen LogP contribution in [0.1, 0.15) is 173 Å². The van der Waals surface area contributed by atoms with E-state index in [1.807, 2.05) is 252 Å². The lowest BCUT2D eigenvalue weighted by molar-refractivity contribution is 0.254. The molecule has 0 saturated carbocycles. The lowest BCUT2D eigenvalue weighted by Gasteiger charge is -2.31. The first-order valence-corrected chi connectivity index (χ1v) is 47.5. The number of nitrogens with zero attached hydrogens (tertiary/aromatic N) is 7. The Morgan fingerprint density at radius 3 is 1.10 bits per heavy atom. The molecule has 2 unspecified atom stereocenters. The van der Waals surface area contributed by atoms with Gasteiger partial charge in [-0.3, -0.25) is 19.6 Å². The molecule has 0 aliphatic rings. The van der Waals surface area contributed by atoms with Crippen molar-refractivity contribution in [2.75, 3.05) is 88.5 Å². The van der Waals surface area contributed by atoms with Crippen LogP contribution >= 0.6 is 58.0 Å². The highest BCUT2D eigenvalue weighted by molar-refractivity contribution is 6.33. The number of rotatable bonds is 28. The monoisotopic (exact) mass is 1900 g/mol. The first-order valence-electron chi connectivity index (χ1n) is 45.6. The second kappa shape index (κ2) is 47.5. The van der Waals surface area contributed by atoms with Crippen LogP contribution in [-0.2, 0) is 84.3 Å². The molecule has 22 nitrogen and oxygen atoms in total. The molecular weight excluding hydrogens is 1780 g/mol. The fourth-order valence-electron chi connectivity index (χ4n) is 16.6. The minimum absolute atomic E-state index is 0.206. The number of benzene rings is 12. The zero-order valence-corrected chi connectivity index (χ0v) is 82.7. The molecular formula is C107H123Cl5N18O4. The quantitative estimate of drug-likeness (QED) is 0.0204. The van der Waals surface area contributed by atoms with Crippen molar-refractivity contribution in [3.63, 3.8) is 0 Å². The number of nitrogens with one attached hydrogen (secondary N) is 7. The molecule has 12 aromatic carbocycles. The molecule has 15 N–H and O–H groups in total. The van der Waals surface area contributed by atoms with Gasteiger partial charge in [0.05, 0.1) is 82.6 Å². The molecule has 134 heavy (non-hydrogen) atoms. The van der Waals surface area contributed by atoms with E-state index in [-0.39, 0.29) is 36.2 Å². The molecule has 14 aromatic rings. The zero-order valence-electron chi connectivity index (χ0n) is 79.0. The Labute approximate surface area is 812 Å². The summed E-state index contributed by atoms with van der Waals surface area (Å²) in [5, 5.41) is 21.8. The Kier molecular flexibility index (Phi) is 36.0. The molecule has 0 radical (unpaired) electrons. The summed E-state index contributed by atoms with van der Waals surface area (Å²) in [5.74, 6) is 0. The Bertz CT molecular complexity index is 6310. The number of aryl methyl sites for hydroxylation is 4. The zero-order chi connectivity index (χ0) is 96.7. The third kappa shape index (κ3) is 24.3. The number of imidazole rings is 2. The third-order valence-electron chi connectivity index (χ3n) is 24.3. The molecule has 0 aliphatic carbocycles. The molecule has 2 aromatic heterocycles. The Balaban J connectivity index is 0.000000172. The summed E-state index contributed by atoms with van der Waals surface area (Å²) in [5.41, 5.74) is 53.0. The van der Waals surface area contributed by atoms with Gasteiger partial charge in [0, 0.05) is 103 Å². The maximum Gasteiger partial charge on any atom is 0.326 e. The molecule has 0 saturated heterocycles. The maximum atomic E-state index is 14.0. The Morgan fingerprint density at radius 2 is 0.724 bits per heavy atom. The first-order chi connectivity index (χ1) is 64.5. The van der Waals surface area contributed by atoms with Crippen molar-refractivity contribution in [3.8, 4) is 0 Å². The molecule has 0 bridgehead atoms. The highest BCUT2D eigenvalue weighted by atomic mass is 35.5. The molecule has 2 atom stereocenters. The number of aromatic amines is 1. The van der Waals surface area contributed by atoms with Crippen LogP contribution in [0.25, 0.3) is 22.1 Å². The standard InChI is InChI=1S/C29H34ClN5O.C28H32ClN5O.C25H28Cl2N4O.C25H29ClN4O/c1-6-19-9-12-21(13-10-19)35(18(4)20-11-14-27-26(15-20)32-17-34(27)5)29(36)33-28-22(7-2)24(30)16-25(31)23(28)8-3;1-5-18-8-11-20(12-9-18)34(17(4)19-10-13-25-26(14-19)32-16-31-25)28(35)33-27-21(6-2)23(29)15-24(30)22(27)7-3;1-4-20-22(27)14-23(28)21(5-2)24(20)30-25(32)31(15-16-6-8-17(26)9-7-16)19-12-10-18(29-3)11-13-19;1-4-18-8-15-23(27)22(5-2)24(18)29-25(31)30(16-17-6-9-19(26)10-7-17)21-13-11-20(28-3)12-14-21/h9-18H,6-8,31H2,1-5H3,(H,33,36);8-17H,5-7,30H2,1-4H3,(H,31,32)(H,33,35);6-14,29H,4-5,15,28H2,1-3H3,(H,30,32);6-15,28H,4-5,16,27H2,1-3H3,(H,29,31). The average molecular weight is 1900 g/mol. The fourth-order valence-corrected chi connectivity index (χ4v) is 17.9. The predicted molar refractivity (Wildman–Crippen MR) is 567 cm³/mol. The van der Waals surface area contributed by atoms with Crippen LogP contribution in [0, 0.1) is 0 Å². The SMILES string of the molecule is CCc1c(N)cc(Cl)c(CC)c1NC(=O)N(Cc1ccc(Cl)cc1)c1ccc(NC)cc1.CCc1ccc(N(C(=O)Nc2c(CC)c(N)cc(Cl)c2CC)C(C)c2ccc3c(c2)ncn3C)cc1.CCc1ccc(N(C(=O)Nc2c(CC)c(N)cc(Cl)c2CC)C(C)c2ccc3nc[nH]c3c2)cc1.CCc1ccc(N)c(CC)c1NC(=O)N(Cc1ccc(Cl)cc1)c1ccc(NC)cc1. The van der Waals surface area contributed by atoms with Gasteiger partial charge in [0.15, 0.2) is 0 Å². The van der Waals surface area contributed by atoms with Gasteiger partial charge >= 0.3 is 24.1 Å². The van der Waals surface area contributed by atoms with Crippen molar-refractivity contribution in [1.82, 2.24) is 19.5 Å². The van der Waals surface area contributed by atoms with Crippen LogP contribution in [0.5, 0.6) is 0 Å². The predicted octanol–water partition coefficient (Wildman–Crippen LogP) is 27.9. The van der Waals surface area contributed by atoms with Crippen molar-refractivity contribution >= 4 is 184 Å². The van der Waals surface area contributed by atoms with Crippen LogP contribution in [0.15, 0.2) is 225 Å². The number of H-pyrrole nitrogens is 1. The number of hydrogen-bond acceptors (Lipinski definition) is 12. The molecule has 8 amide bonds. The van der Waals surface area contributed by atoms with Crippen LogP contribution in [-0.4, -0.2) is 57.7 Å². The van der Waals surface area contributed by atoms with E-state index in [0.717, 1.165) is 154 Å². The van der Waals surface area contributed by atoms with Crippen LogP contribution < -0.4 is 74.4 Å². The second-order valence-electron chi connectivity index (χ2n) is 32.5. The second-order valence-corrected chi connectivity index (χ2v) is 34.6. The summed E-state index contributed by atoms with van der Waals surface area (Å²) >= 11 is 31.6.